The molecule has 4 nitrogen and oxygen atoms in total. The maximum Gasteiger partial charge on any atom is 0.349 e. The minimum atomic E-state index is -0.663. The molecule has 0 spiro atoms. The zero-order chi connectivity index (χ0) is 16.6. The molecule has 116 valence electrons. The summed E-state index contributed by atoms with van der Waals surface area (Å²) in [6.45, 7) is 3.64. The van der Waals surface area contributed by atoms with Crippen LogP contribution in [0.3, 0.4) is 0 Å². The van der Waals surface area contributed by atoms with E-state index in [0.29, 0.717) is 21.7 Å². The number of benzene rings is 2. The molecule has 0 saturated carbocycles. The van der Waals surface area contributed by atoms with E-state index in [9.17, 15) is 9.59 Å². The Morgan fingerprint density at radius 2 is 1.87 bits per heavy atom. The third-order valence-electron chi connectivity index (χ3n) is 3.72. The van der Waals surface area contributed by atoms with Gasteiger partial charge in [0.05, 0.1) is 0 Å². The molecule has 1 heterocycles. The van der Waals surface area contributed by atoms with Crippen LogP contribution in [0.25, 0.3) is 11.0 Å². The summed E-state index contributed by atoms with van der Waals surface area (Å²) in [7, 11) is 0. The molecule has 0 saturated heterocycles. The van der Waals surface area contributed by atoms with Gasteiger partial charge in [-0.05, 0) is 43.2 Å². The summed E-state index contributed by atoms with van der Waals surface area (Å²) in [6.07, 6.45) is 0. The first-order valence-corrected chi connectivity index (χ1v) is 7.45. The van der Waals surface area contributed by atoms with Crippen molar-refractivity contribution >= 4 is 34.2 Å². The molecular formula is C18H14ClNO3. The number of halogens is 1. The number of carbonyl (C=O) groups is 1. The topological polar surface area (TPSA) is 59.3 Å². The molecule has 0 aliphatic heterocycles. The Balaban J connectivity index is 2.03. The van der Waals surface area contributed by atoms with E-state index in [2.05, 4.69) is 5.32 Å². The van der Waals surface area contributed by atoms with Crippen molar-refractivity contribution in [2.75, 3.05) is 5.32 Å². The van der Waals surface area contributed by atoms with Crippen LogP contribution < -0.4 is 10.9 Å². The number of nitrogens with one attached hydrogen (secondary N) is 1. The Labute approximate surface area is 137 Å². The van der Waals surface area contributed by atoms with E-state index in [-0.39, 0.29) is 5.56 Å². The molecule has 0 bridgehead atoms. The predicted molar refractivity (Wildman–Crippen MR) is 91.4 cm³/mol. The number of amides is 1. The number of aryl methyl sites for hydroxylation is 1. The zero-order valence-electron chi connectivity index (χ0n) is 12.6. The predicted octanol–water partition coefficient (Wildman–Crippen LogP) is 4.32. The molecule has 0 aliphatic carbocycles. The molecule has 0 unspecified atom stereocenters. The van der Waals surface area contributed by atoms with Crippen molar-refractivity contribution in [2.24, 2.45) is 0 Å². The Hall–Kier alpha value is -2.59. The summed E-state index contributed by atoms with van der Waals surface area (Å²) < 4.78 is 5.29. The highest BCUT2D eigenvalue weighted by Crippen LogP contribution is 2.24. The first-order chi connectivity index (χ1) is 11.0. The lowest BCUT2D eigenvalue weighted by Gasteiger charge is -2.09. The van der Waals surface area contributed by atoms with E-state index in [0.717, 1.165) is 11.1 Å². The van der Waals surface area contributed by atoms with Crippen molar-refractivity contribution in [1.29, 1.82) is 0 Å². The molecule has 0 fully saturated rings. The second kappa shape index (κ2) is 5.89. The van der Waals surface area contributed by atoms with Crippen LogP contribution in [0.2, 0.25) is 5.02 Å². The lowest BCUT2D eigenvalue weighted by atomic mass is 10.1. The quantitative estimate of drug-likeness (QED) is 0.713. The van der Waals surface area contributed by atoms with Gasteiger partial charge in [-0.15, -0.1) is 0 Å². The lowest BCUT2D eigenvalue weighted by Crippen LogP contribution is -2.21. The zero-order valence-corrected chi connectivity index (χ0v) is 13.4. The maximum absolute atomic E-state index is 12.4. The molecule has 0 atom stereocenters. The molecule has 0 aliphatic rings. The number of carbonyl (C=O) groups excluding carboxylic acids is 1. The van der Waals surface area contributed by atoms with Crippen LogP contribution in [0.15, 0.2) is 51.7 Å². The fourth-order valence-electron chi connectivity index (χ4n) is 2.38. The van der Waals surface area contributed by atoms with Crippen LogP contribution >= 0.6 is 11.6 Å². The highest BCUT2D eigenvalue weighted by molar-refractivity contribution is 6.31. The summed E-state index contributed by atoms with van der Waals surface area (Å²) in [5, 5.41) is 3.96. The first kappa shape index (κ1) is 15.3. The molecule has 1 aromatic heterocycles. The SMILES string of the molecule is Cc1c(Cl)cccc1NC(=O)c1cc2cccc(C)c2oc1=O. The van der Waals surface area contributed by atoms with Crippen LogP contribution in [0, 0.1) is 13.8 Å². The van der Waals surface area contributed by atoms with Crippen molar-refractivity contribution in [2.45, 2.75) is 13.8 Å². The molecule has 1 amide bonds. The number of para-hydroxylation sites is 1. The van der Waals surface area contributed by atoms with Gasteiger partial charge in [-0.3, -0.25) is 4.79 Å². The number of hydrogen-bond donors (Lipinski definition) is 1. The molecular weight excluding hydrogens is 314 g/mol. The van der Waals surface area contributed by atoms with Crippen molar-refractivity contribution in [3.05, 3.63) is 74.6 Å². The lowest BCUT2D eigenvalue weighted by molar-refractivity contribution is 0.102. The Bertz CT molecular complexity index is 976. The summed E-state index contributed by atoms with van der Waals surface area (Å²) in [5.74, 6) is -0.521. The number of hydrogen-bond acceptors (Lipinski definition) is 3. The van der Waals surface area contributed by atoms with Gasteiger partial charge in [-0.1, -0.05) is 35.9 Å². The normalized spacial score (nSPS) is 10.7. The number of rotatable bonds is 2. The third-order valence-corrected chi connectivity index (χ3v) is 4.13. The first-order valence-electron chi connectivity index (χ1n) is 7.07. The average Bonchev–Trinajstić information content (AvgIpc) is 2.52. The van der Waals surface area contributed by atoms with E-state index in [1.807, 2.05) is 19.1 Å². The molecule has 5 heteroatoms. The van der Waals surface area contributed by atoms with E-state index in [1.165, 1.54) is 0 Å². The molecule has 3 aromatic rings. The van der Waals surface area contributed by atoms with Gasteiger partial charge in [0, 0.05) is 16.1 Å². The van der Waals surface area contributed by atoms with Crippen molar-refractivity contribution in [3.63, 3.8) is 0 Å². The van der Waals surface area contributed by atoms with Crippen molar-refractivity contribution < 1.29 is 9.21 Å². The van der Waals surface area contributed by atoms with Gasteiger partial charge in [-0.25, -0.2) is 4.79 Å². The molecule has 2 aromatic carbocycles. The minimum absolute atomic E-state index is 0.0394. The molecule has 1 N–H and O–H groups in total. The van der Waals surface area contributed by atoms with E-state index in [4.69, 9.17) is 16.0 Å². The highest BCUT2D eigenvalue weighted by Gasteiger charge is 2.15. The van der Waals surface area contributed by atoms with Crippen LogP contribution in [0.5, 0.6) is 0 Å². The minimum Gasteiger partial charge on any atom is -0.422 e. The summed E-state index contributed by atoms with van der Waals surface area (Å²) in [4.78, 5) is 24.5. The average molecular weight is 328 g/mol. The highest BCUT2D eigenvalue weighted by atomic mass is 35.5. The van der Waals surface area contributed by atoms with E-state index in [1.54, 1.807) is 37.3 Å². The van der Waals surface area contributed by atoms with Gasteiger partial charge in [0.15, 0.2) is 0 Å². The van der Waals surface area contributed by atoms with Gasteiger partial charge in [0.25, 0.3) is 5.91 Å². The summed E-state index contributed by atoms with van der Waals surface area (Å²) >= 11 is 6.04. The van der Waals surface area contributed by atoms with Crippen LogP contribution in [0.4, 0.5) is 5.69 Å². The van der Waals surface area contributed by atoms with Gasteiger partial charge < -0.3 is 9.73 Å². The number of anilines is 1. The molecule has 3 rings (SSSR count). The monoisotopic (exact) mass is 327 g/mol. The molecule has 23 heavy (non-hydrogen) atoms. The number of fused-ring (bicyclic) bond motifs is 1. The Morgan fingerprint density at radius 1 is 1.13 bits per heavy atom. The fourth-order valence-corrected chi connectivity index (χ4v) is 2.56. The van der Waals surface area contributed by atoms with Gasteiger partial charge in [0.1, 0.15) is 11.1 Å². The summed E-state index contributed by atoms with van der Waals surface area (Å²) in [6, 6.07) is 12.2. The van der Waals surface area contributed by atoms with Gasteiger partial charge >= 0.3 is 5.63 Å². The maximum atomic E-state index is 12.4. The smallest absolute Gasteiger partial charge is 0.349 e. The van der Waals surface area contributed by atoms with E-state index < -0.39 is 11.5 Å². The van der Waals surface area contributed by atoms with Crippen LogP contribution in [-0.4, -0.2) is 5.91 Å². The van der Waals surface area contributed by atoms with Gasteiger partial charge in [0.2, 0.25) is 0 Å². The largest absolute Gasteiger partial charge is 0.422 e. The van der Waals surface area contributed by atoms with Crippen molar-refractivity contribution in [3.8, 4) is 0 Å². The van der Waals surface area contributed by atoms with E-state index >= 15 is 0 Å². The standard InChI is InChI=1S/C18H14ClNO3/c1-10-5-3-6-12-9-13(18(22)23-16(10)12)17(21)20-15-8-4-7-14(19)11(15)2/h3-9H,1-2H3,(H,20,21). The van der Waals surface area contributed by atoms with Gasteiger partial charge in [-0.2, -0.15) is 0 Å². The summed E-state index contributed by atoms with van der Waals surface area (Å²) in [5.41, 5.74) is 1.94. The van der Waals surface area contributed by atoms with Crippen molar-refractivity contribution in [1.82, 2.24) is 0 Å². The van der Waals surface area contributed by atoms with Crippen LogP contribution in [0.1, 0.15) is 21.5 Å². The fraction of sp³-hybridized carbons (Fsp3) is 0.111. The van der Waals surface area contributed by atoms with Crippen LogP contribution in [-0.2, 0) is 0 Å². The second-order valence-electron chi connectivity index (χ2n) is 5.31. The third kappa shape index (κ3) is 2.85. The second-order valence-corrected chi connectivity index (χ2v) is 5.71. The Morgan fingerprint density at radius 3 is 2.65 bits per heavy atom. The Kier molecular flexibility index (Phi) is 3.92. The molecule has 0 radical (unpaired) electrons.